The molecule has 2 N–H and O–H groups in total. The van der Waals surface area contributed by atoms with Crippen molar-refractivity contribution in [3.63, 3.8) is 0 Å². The van der Waals surface area contributed by atoms with Gasteiger partial charge in [0.1, 0.15) is 6.33 Å². The van der Waals surface area contributed by atoms with Gasteiger partial charge in [0.25, 0.3) is 5.91 Å². The van der Waals surface area contributed by atoms with E-state index in [9.17, 15) is 4.79 Å². The van der Waals surface area contributed by atoms with Gasteiger partial charge in [0.05, 0.1) is 36.0 Å². The smallest absolute Gasteiger partial charge is 0.269 e. The van der Waals surface area contributed by atoms with Crippen molar-refractivity contribution in [2.75, 3.05) is 20.3 Å². The molecule has 0 spiro atoms. The molecule has 0 atom stereocenters. The quantitative estimate of drug-likeness (QED) is 0.611. The number of primary amides is 1. The highest BCUT2D eigenvalue weighted by molar-refractivity contribution is 6.02. The molecule has 1 amide bonds. The fourth-order valence-electron chi connectivity index (χ4n) is 3.97. The molecule has 9 heteroatoms. The van der Waals surface area contributed by atoms with Gasteiger partial charge in [0.15, 0.2) is 5.69 Å². The number of aromatic nitrogens is 5. The summed E-state index contributed by atoms with van der Waals surface area (Å²) in [6.45, 7) is 3.12. The molecule has 1 fully saturated rings. The topological polar surface area (TPSA) is 110 Å². The normalized spacial score (nSPS) is 19.7. The van der Waals surface area contributed by atoms with Crippen molar-refractivity contribution in [2.45, 2.75) is 44.8 Å². The third kappa shape index (κ3) is 4.01. The Balaban J connectivity index is 1.61. The number of amides is 1. The number of carbonyl (C=O) groups is 1. The summed E-state index contributed by atoms with van der Waals surface area (Å²) in [6, 6.07) is 2.18. The first kappa shape index (κ1) is 19.5. The van der Waals surface area contributed by atoms with Crippen LogP contribution in [0.15, 0.2) is 24.8 Å². The molecule has 9 nitrogen and oxygen atoms in total. The summed E-state index contributed by atoms with van der Waals surface area (Å²) >= 11 is 0. The third-order valence-corrected chi connectivity index (χ3v) is 5.40. The minimum atomic E-state index is -0.563. The maximum absolute atomic E-state index is 12.2. The lowest BCUT2D eigenvalue weighted by Gasteiger charge is -2.30. The standard InChI is InChI=1S/C20H26N6O3/c1-13-11-25(12-22-13)20-23-16-7-8-26(18(16)17(24-20)19(21)27)14-3-5-15(6-4-14)29-10-9-28-2/h7-8,11-12,14-15H,3-6,9-10H2,1-2H3,(H2,21,27). The van der Waals surface area contributed by atoms with Gasteiger partial charge in [-0.05, 0) is 38.7 Å². The van der Waals surface area contributed by atoms with E-state index in [-0.39, 0.29) is 17.8 Å². The minimum absolute atomic E-state index is 0.236. The highest BCUT2D eigenvalue weighted by Gasteiger charge is 2.26. The number of ether oxygens (including phenoxy) is 2. The Kier molecular flexibility index (Phi) is 5.59. The lowest BCUT2D eigenvalue weighted by molar-refractivity contribution is -0.00620. The lowest BCUT2D eigenvalue weighted by Crippen LogP contribution is -2.25. The Morgan fingerprint density at radius 3 is 2.69 bits per heavy atom. The second-order valence-corrected chi connectivity index (χ2v) is 7.41. The summed E-state index contributed by atoms with van der Waals surface area (Å²) in [4.78, 5) is 25.5. The molecule has 154 valence electrons. The van der Waals surface area contributed by atoms with Crippen LogP contribution in [0.25, 0.3) is 17.0 Å². The van der Waals surface area contributed by atoms with Crippen molar-refractivity contribution in [1.29, 1.82) is 0 Å². The number of carbonyl (C=O) groups excluding carboxylic acids is 1. The molecule has 0 bridgehead atoms. The van der Waals surface area contributed by atoms with Crippen LogP contribution in [0.2, 0.25) is 0 Å². The SMILES string of the molecule is COCCOC1CCC(n2ccc3nc(-n4cnc(C)c4)nc(C(N)=O)c32)CC1. The van der Waals surface area contributed by atoms with Crippen molar-refractivity contribution in [3.05, 3.63) is 36.2 Å². The van der Waals surface area contributed by atoms with Gasteiger partial charge in [-0.15, -0.1) is 0 Å². The number of fused-ring (bicyclic) bond motifs is 1. The maximum Gasteiger partial charge on any atom is 0.269 e. The minimum Gasteiger partial charge on any atom is -0.382 e. The molecule has 4 rings (SSSR count). The Labute approximate surface area is 168 Å². The van der Waals surface area contributed by atoms with Crippen molar-refractivity contribution in [1.82, 2.24) is 24.1 Å². The summed E-state index contributed by atoms with van der Waals surface area (Å²) in [5.74, 6) is -0.174. The highest BCUT2D eigenvalue weighted by Crippen LogP contribution is 2.33. The molecule has 0 aliphatic heterocycles. The number of imidazole rings is 1. The summed E-state index contributed by atoms with van der Waals surface area (Å²) in [5.41, 5.74) is 8.16. The van der Waals surface area contributed by atoms with Gasteiger partial charge in [-0.3, -0.25) is 9.36 Å². The molecule has 3 aromatic rings. The number of rotatable bonds is 7. The monoisotopic (exact) mass is 398 g/mol. The fourth-order valence-corrected chi connectivity index (χ4v) is 3.97. The number of methoxy groups -OCH3 is 1. The zero-order chi connectivity index (χ0) is 20.4. The molecule has 0 unspecified atom stereocenters. The highest BCUT2D eigenvalue weighted by atomic mass is 16.5. The molecular formula is C20H26N6O3. The van der Waals surface area contributed by atoms with E-state index in [0.29, 0.717) is 30.2 Å². The van der Waals surface area contributed by atoms with Crippen LogP contribution in [0.3, 0.4) is 0 Å². The van der Waals surface area contributed by atoms with E-state index in [1.165, 1.54) is 0 Å². The Morgan fingerprint density at radius 1 is 1.24 bits per heavy atom. The predicted octanol–water partition coefficient (Wildman–Crippen LogP) is 2.17. The average molecular weight is 398 g/mol. The fraction of sp³-hybridized carbons (Fsp3) is 0.500. The molecule has 0 aromatic carbocycles. The zero-order valence-corrected chi connectivity index (χ0v) is 16.7. The van der Waals surface area contributed by atoms with Crippen molar-refractivity contribution >= 4 is 16.9 Å². The molecule has 3 aromatic heterocycles. The van der Waals surface area contributed by atoms with Crippen LogP contribution >= 0.6 is 0 Å². The van der Waals surface area contributed by atoms with E-state index in [1.807, 2.05) is 25.4 Å². The zero-order valence-electron chi connectivity index (χ0n) is 16.7. The van der Waals surface area contributed by atoms with E-state index < -0.39 is 5.91 Å². The summed E-state index contributed by atoms with van der Waals surface area (Å²) in [6.07, 6.45) is 9.53. The first-order valence-electron chi connectivity index (χ1n) is 9.86. The Bertz CT molecular complexity index is 1000. The van der Waals surface area contributed by atoms with Crippen LogP contribution in [-0.4, -0.2) is 56.4 Å². The molecule has 1 aliphatic carbocycles. The van der Waals surface area contributed by atoms with E-state index in [0.717, 1.165) is 31.4 Å². The van der Waals surface area contributed by atoms with Gasteiger partial charge < -0.3 is 19.8 Å². The number of aryl methyl sites for hydroxylation is 1. The van der Waals surface area contributed by atoms with Crippen molar-refractivity contribution in [3.8, 4) is 5.95 Å². The van der Waals surface area contributed by atoms with Gasteiger partial charge in [-0.25, -0.2) is 15.0 Å². The number of nitrogens with two attached hydrogens (primary N) is 1. The van der Waals surface area contributed by atoms with Gasteiger partial charge in [0, 0.05) is 25.5 Å². The average Bonchev–Trinajstić information content (AvgIpc) is 3.34. The van der Waals surface area contributed by atoms with E-state index in [1.54, 1.807) is 18.0 Å². The van der Waals surface area contributed by atoms with Gasteiger partial charge >= 0.3 is 0 Å². The summed E-state index contributed by atoms with van der Waals surface area (Å²) < 4.78 is 14.7. The predicted molar refractivity (Wildman–Crippen MR) is 107 cm³/mol. The Hall–Kier alpha value is -2.78. The van der Waals surface area contributed by atoms with Gasteiger partial charge in [-0.2, -0.15) is 0 Å². The molecular weight excluding hydrogens is 372 g/mol. The van der Waals surface area contributed by atoms with Crippen LogP contribution in [-0.2, 0) is 9.47 Å². The summed E-state index contributed by atoms with van der Waals surface area (Å²) in [5, 5.41) is 0. The second kappa shape index (κ2) is 8.30. The van der Waals surface area contributed by atoms with Crippen LogP contribution in [0.5, 0.6) is 0 Å². The number of hydrogen-bond donors (Lipinski definition) is 1. The van der Waals surface area contributed by atoms with Gasteiger partial charge in [0.2, 0.25) is 5.95 Å². The molecule has 1 aliphatic rings. The largest absolute Gasteiger partial charge is 0.382 e. The lowest BCUT2D eigenvalue weighted by atomic mass is 9.92. The van der Waals surface area contributed by atoms with Crippen LogP contribution in [0.1, 0.15) is 47.9 Å². The van der Waals surface area contributed by atoms with Crippen molar-refractivity contribution < 1.29 is 14.3 Å². The molecule has 29 heavy (non-hydrogen) atoms. The van der Waals surface area contributed by atoms with E-state index in [4.69, 9.17) is 15.2 Å². The first-order valence-corrected chi connectivity index (χ1v) is 9.86. The van der Waals surface area contributed by atoms with Crippen LogP contribution in [0, 0.1) is 6.92 Å². The van der Waals surface area contributed by atoms with E-state index >= 15 is 0 Å². The summed E-state index contributed by atoms with van der Waals surface area (Å²) in [7, 11) is 1.68. The Morgan fingerprint density at radius 2 is 2.03 bits per heavy atom. The number of nitrogens with zero attached hydrogens (tertiary/aromatic N) is 5. The second-order valence-electron chi connectivity index (χ2n) is 7.41. The third-order valence-electron chi connectivity index (χ3n) is 5.40. The van der Waals surface area contributed by atoms with Gasteiger partial charge in [-0.1, -0.05) is 0 Å². The first-order chi connectivity index (χ1) is 14.1. The molecule has 3 heterocycles. The van der Waals surface area contributed by atoms with Crippen LogP contribution < -0.4 is 5.73 Å². The molecule has 0 radical (unpaired) electrons. The number of hydrogen-bond acceptors (Lipinski definition) is 6. The van der Waals surface area contributed by atoms with Crippen LogP contribution in [0.4, 0.5) is 0 Å². The molecule has 0 saturated heterocycles. The molecule has 1 saturated carbocycles. The van der Waals surface area contributed by atoms with E-state index in [2.05, 4.69) is 19.5 Å². The maximum atomic E-state index is 12.2. The van der Waals surface area contributed by atoms with Crippen molar-refractivity contribution in [2.24, 2.45) is 5.73 Å².